The number of hydrogen-bond donors (Lipinski definition) is 2. The van der Waals surface area contributed by atoms with Crippen LogP contribution in [0.1, 0.15) is 64.7 Å². The molecule has 0 saturated carbocycles. The van der Waals surface area contributed by atoms with Crippen molar-refractivity contribution in [1.29, 1.82) is 0 Å². The van der Waals surface area contributed by atoms with Crippen LogP contribution in [0, 0.1) is 0 Å². The van der Waals surface area contributed by atoms with Crippen LogP contribution in [0.3, 0.4) is 0 Å². The number of nitrogens with one attached hydrogen (secondary N) is 2. The second-order valence-electron chi connectivity index (χ2n) is 15.0. The van der Waals surface area contributed by atoms with Gasteiger partial charge in [-0.15, -0.1) is 11.6 Å². The molecule has 7 rings (SSSR count). The van der Waals surface area contributed by atoms with Crippen LogP contribution in [0.5, 0.6) is 5.75 Å². The van der Waals surface area contributed by atoms with Gasteiger partial charge in [-0.05, 0) is 64.9 Å². The van der Waals surface area contributed by atoms with Gasteiger partial charge in [0.1, 0.15) is 18.4 Å². The predicted octanol–water partition coefficient (Wildman–Crippen LogP) is 5.99. The van der Waals surface area contributed by atoms with E-state index in [1.807, 2.05) is 29.2 Å². The molecule has 0 spiro atoms. The normalized spacial score (nSPS) is 17.2. The molecule has 4 aromatic carbocycles. The highest BCUT2D eigenvalue weighted by atomic mass is 35.5. The minimum atomic E-state index is -0.735. The quantitative estimate of drug-likeness (QED) is 0.0573. The van der Waals surface area contributed by atoms with E-state index < -0.39 is 11.9 Å². The van der Waals surface area contributed by atoms with Crippen molar-refractivity contribution < 1.29 is 33.4 Å². The number of allylic oxidation sites excluding steroid dienone is 1. The summed E-state index contributed by atoms with van der Waals surface area (Å²) in [5, 5.41) is 5.16. The number of fused-ring (bicyclic) bond motifs is 1. The molecule has 312 valence electrons. The number of carbonyl (C=O) groups excluding carboxylic acids is 5. The lowest BCUT2D eigenvalue weighted by molar-refractivity contribution is -0.137. The van der Waals surface area contributed by atoms with Crippen LogP contribution in [-0.4, -0.2) is 109 Å². The minimum absolute atomic E-state index is 0.0194. The summed E-state index contributed by atoms with van der Waals surface area (Å²) in [4.78, 5) is 68.4. The number of imide groups is 1. The Kier molecular flexibility index (Phi) is 14.4. The van der Waals surface area contributed by atoms with Crippen molar-refractivity contribution in [3.05, 3.63) is 131 Å². The molecule has 60 heavy (non-hydrogen) atoms. The van der Waals surface area contributed by atoms with Crippen LogP contribution < -0.4 is 15.4 Å². The molecule has 1 atom stereocenters. The standard InChI is InChI=1S/C47H50ClN5O7/c48-23-20-37(33-8-3-1-4-9-33)45(34-10-5-2-6-11-34)35-14-16-36(17-15-35)60-31-28-51-24-26-52(27-25-51)44(56)22-30-59-29-21-43(55)49-40-13-7-12-38-39(40)32-53(47(38)58)41-18-19-42(54)50-46(41)57/h1-17,41H,18-32H2,(H,49,55)(H,50,54,57). The fourth-order valence-electron chi connectivity index (χ4n) is 8.00. The van der Waals surface area contributed by atoms with Crippen molar-refractivity contribution in [2.24, 2.45) is 0 Å². The number of piperazine rings is 1. The molecule has 2 saturated heterocycles. The van der Waals surface area contributed by atoms with Crippen LogP contribution in [0.2, 0.25) is 0 Å². The first-order valence-electron chi connectivity index (χ1n) is 20.6. The Labute approximate surface area is 355 Å². The summed E-state index contributed by atoms with van der Waals surface area (Å²) in [6, 6.07) is 33.4. The molecule has 0 bridgehead atoms. The molecular weight excluding hydrogens is 782 g/mol. The van der Waals surface area contributed by atoms with Gasteiger partial charge in [0, 0.05) is 68.4 Å². The average Bonchev–Trinajstić information content (AvgIpc) is 3.61. The van der Waals surface area contributed by atoms with Gasteiger partial charge in [-0.25, -0.2) is 0 Å². The predicted molar refractivity (Wildman–Crippen MR) is 230 cm³/mol. The number of ether oxygens (including phenoxy) is 2. The number of amides is 5. The van der Waals surface area contributed by atoms with Gasteiger partial charge in [0.05, 0.1) is 26.1 Å². The van der Waals surface area contributed by atoms with Crippen LogP contribution in [0.25, 0.3) is 11.1 Å². The van der Waals surface area contributed by atoms with E-state index in [0.717, 1.165) is 54.1 Å². The molecule has 4 aromatic rings. The molecular formula is C47H50ClN5O7. The lowest BCUT2D eigenvalue weighted by Gasteiger charge is -2.34. The molecule has 13 heteroatoms. The van der Waals surface area contributed by atoms with Gasteiger partial charge in [0.2, 0.25) is 23.6 Å². The van der Waals surface area contributed by atoms with E-state index in [1.54, 1.807) is 18.2 Å². The van der Waals surface area contributed by atoms with Crippen molar-refractivity contribution in [3.8, 4) is 5.75 Å². The number of nitrogens with zero attached hydrogens (tertiary/aromatic N) is 3. The summed E-state index contributed by atoms with van der Waals surface area (Å²) in [5.41, 5.74) is 7.30. The zero-order chi connectivity index (χ0) is 41.8. The van der Waals surface area contributed by atoms with E-state index in [1.165, 1.54) is 10.5 Å². The van der Waals surface area contributed by atoms with Crippen LogP contribution in [-0.2, 0) is 30.5 Å². The summed E-state index contributed by atoms with van der Waals surface area (Å²) in [5.74, 6) is -0.0909. The highest BCUT2D eigenvalue weighted by Gasteiger charge is 2.40. The first-order chi connectivity index (χ1) is 29.3. The van der Waals surface area contributed by atoms with Gasteiger partial charge in [-0.3, -0.25) is 34.2 Å². The molecule has 2 N–H and O–H groups in total. The van der Waals surface area contributed by atoms with Crippen molar-refractivity contribution in [2.75, 3.05) is 63.7 Å². The number of carbonyl (C=O) groups is 5. The van der Waals surface area contributed by atoms with Crippen LogP contribution in [0.4, 0.5) is 5.69 Å². The maximum Gasteiger partial charge on any atom is 0.255 e. The molecule has 3 aliphatic heterocycles. The Bertz CT molecular complexity index is 2190. The summed E-state index contributed by atoms with van der Waals surface area (Å²) < 4.78 is 11.8. The summed E-state index contributed by atoms with van der Waals surface area (Å²) >= 11 is 6.32. The number of halogens is 1. The highest BCUT2D eigenvalue weighted by molar-refractivity contribution is 6.18. The van der Waals surface area contributed by atoms with Crippen molar-refractivity contribution >= 4 is 58.0 Å². The zero-order valence-electron chi connectivity index (χ0n) is 33.6. The zero-order valence-corrected chi connectivity index (χ0v) is 34.3. The summed E-state index contributed by atoms with van der Waals surface area (Å²) in [6.07, 6.45) is 1.47. The summed E-state index contributed by atoms with van der Waals surface area (Å²) in [6.45, 7) is 4.54. The Hall–Kier alpha value is -5.82. The first kappa shape index (κ1) is 42.3. The lowest BCUT2D eigenvalue weighted by Crippen LogP contribution is -2.52. The number of rotatable bonds is 17. The Morgan fingerprint density at radius 1 is 0.750 bits per heavy atom. The second kappa shape index (κ2) is 20.4. The Morgan fingerprint density at radius 3 is 2.13 bits per heavy atom. The lowest BCUT2D eigenvalue weighted by atomic mass is 9.88. The Morgan fingerprint density at radius 2 is 1.43 bits per heavy atom. The van der Waals surface area contributed by atoms with Crippen LogP contribution >= 0.6 is 11.6 Å². The van der Waals surface area contributed by atoms with Gasteiger partial charge < -0.3 is 24.6 Å². The second-order valence-corrected chi connectivity index (χ2v) is 15.4. The van der Waals surface area contributed by atoms with E-state index in [-0.39, 0.29) is 69.1 Å². The SMILES string of the molecule is O=C1CCC(N2Cc3c(NC(=O)CCOCCC(=O)N4CCN(CCOc5ccc(C(=C(CCCl)c6ccccc6)c6ccccc6)cc5)CC4)cccc3C2=O)C(=O)N1. The highest BCUT2D eigenvalue weighted by Crippen LogP contribution is 2.36. The maximum atomic E-state index is 13.1. The molecule has 3 heterocycles. The third-order valence-corrected chi connectivity index (χ3v) is 11.4. The number of alkyl halides is 1. The minimum Gasteiger partial charge on any atom is -0.492 e. The maximum absolute atomic E-state index is 13.1. The molecule has 12 nitrogen and oxygen atoms in total. The molecule has 5 amide bonds. The summed E-state index contributed by atoms with van der Waals surface area (Å²) in [7, 11) is 0. The number of piperidine rings is 1. The molecule has 0 radical (unpaired) electrons. The van der Waals surface area contributed by atoms with Crippen LogP contribution in [0.15, 0.2) is 103 Å². The smallest absolute Gasteiger partial charge is 0.255 e. The molecule has 1 unspecified atom stereocenters. The van der Waals surface area contributed by atoms with Crippen molar-refractivity contribution in [3.63, 3.8) is 0 Å². The number of benzene rings is 4. The van der Waals surface area contributed by atoms with E-state index in [4.69, 9.17) is 21.1 Å². The van der Waals surface area contributed by atoms with Gasteiger partial charge in [0.15, 0.2) is 0 Å². The fourth-order valence-corrected chi connectivity index (χ4v) is 8.19. The number of anilines is 1. The van der Waals surface area contributed by atoms with Gasteiger partial charge in [0.25, 0.3) is 5.91 Å². The largest absolute Gasteiger partial charge is 0.492 e. The first-order valence-corrected chi connectivity index (χ1v) is 21.1. The van der Waals surface area contributed by atoms with Crippen molar-refractivity contribution in [1.82, 2.24) is 20.0 Å². The molecule has 0 aromatic heterocycles. The molecule has 3 aliphatic rings. The average molecular weight is 832 g/mol. The van der Waals surface area contributed by atoms with Gasteiger partial charge >= 0.3 is 0 Å². The monoisotopic (exact) mass is 831 g/mol. The van der Waals surface area contributed by atoms with Gasteiger partial charge in [-0.1, -0.05) is 78.9 Å². The van der Waals surface area contributed by atoms with Gasteiger partial charge in [-0.2, -0.15) is 0 Å². The third-order valence-electron chi connectivity index (χ3n) is 11.2. The van der Waals surface area contributed by atoms with E-state index in [0.29, 0.717) is 42.4 Å². The fraction of sp³-hybridized carbons (Fsp3) is 0.340. The Balaban J connectivity index is 0.803. The molecule has 0 aliphatic carbocycles. The number of hydrogen-bond acceptors (Lipinski definition) is 8. The topological polar surface area (TPSA) is 138 Å². The third kappa shape index (κ3) is 10.5. The van der Waals surface area contributed by atoms with E-state index in [2.05, 4.69) is 76.2 Å². The molecule has 2 fully saturated rings. The van der Waals surface area contributed by atoms with Crippen molar-refractivity contribution in [2.45, 2.75) is 44.7 Å². The van der Waals surface area contributed by atoms with E-state index >= 15 is 0 Å². The van der Waals surface area contributed by atoms with E-state index in [9.17, 15) is 24.0 Å².